The number of sulfonamides is 1. The highest BCUT2D eigenvalue weighted by Gasteiger charge is 2.16. The lowest BCUT2D eigenvalue weighted by atomic mass is 10.2. The second-order valence-corrected chi connectivity index (χ2v) is 6.32. The van der Waals surface area contributed by atoms with E-state index in [4.69, 9.17) is 5.73 Å². The number of nitrogens with two attached hydrogens (primary N) is 1. The number of likely N-dealkylation sites (N-methyl/N-ethyl adjacent to an activating group) is 1. The topological polar surface area (TPSA) is 92.5 Å². The molecule has 0 heterocycles. The summed E-state index contributed by atoms with van der Waals surface area (Å²) in [6, 6.07) is 7.99. The summed E-state index contributed by atoms with van der Waals surface area (Å²) >= 11 is 0. The first-order valence-electron chi connectivity index (χ1n) is 6.39. The molecule has 0 fully saturated rings. The number of hydrogen-bond acceptors (Lipinski definition) is 4. The predicted molar refractivity (Wildman–Crippen MR) is 77.5 cm³/mol. The Bertz CT molecular complexity index is 531. The first-order valence-corrected chi connectivity index (χ1v) is 7.87. The van der Waals surface area contributed by atoms with Gasteiger partial charge in [-0.3, -0.25) is 4.79 Å². The Hall–Kier alpha value is -1.44. The van der Waals surface area contributed by atoms with Crippen molar-refractivity contribution < 1.29 is 13.2 Å². The zero-order valence-electron chi connectivity index (χ0n) is 11.7. The molecule has 0 radical (unpaired) electrons. The van der Waals surface area contributed by atoms with Crippen molar-refractivity contribution in [1.29, 1.82) is 0 Å². The molecule has 0 bridgehead atoms. The van der Waals surface area contributed by atoms with E-state index in [0.29, 0.717) is 6.54 Å². The van der Waals surface area contributed by atoms with Crippen molar-refractivity contribution >= 4 is 15.9 Å². The number of carbonyl (C=O) groups is 1. The van der Waals surface area contributed by atoms with Crippen molar-refractivity contribution in [3.63, 3.8) is 0 Å². The zero-order valence-corrected chi connectivity index (χ0v) is 12.6. The van der Waals surface area contributed by atoms with Gasteiger partial charge in [-0.15, -0.1) is 0 Å². The summed E-state index contributed by atoms with van der Waals surface area (Å²) in [7, 11) is -1.89. The van der Waals surface area contributed by atoms with Gasteiger partial charge in [-0.05, 0) is 19.1 Å². The molecule has 1 amide bonds. The van der Waals surface area contributed by atoms with Gasteiger partial charge in [0.2, 0.25) is 15.9 Å². The van der Waals surface area contributed by atoms with E-state index in [1.54, 1.807) is 25.2 Å². The molecule has 1 aromatic rings. The summed E-state index contributed by atoms with van der Waals surface area (Å²) in [5.74, 6) is -0.140. The standard InChI is InChI=1S/C13H21N3O3S/c1-11(10-14)16(2)13(17)8-9-15-20(18,19)12-6-4-3-5-7-12/h3-7,11,15H,8-10,14H2,1-2H3. The van der Waals surface area contributed by atoms with Gasteiger partial charge in [0.1, 0.15) is 0 Å². The fourth-order valence-corrected chi connectivity index (χ4v) is 2.61. The SMILES string of the molecule is CC(CN)N(C)C(=O)CCNS(=O)(=O)c1ccccc1. The van der Waals surface area contributed by atoms with Crippen molar-refractivity contribution in [2.24, 2.45) is 5.73 Å². The summed E-state index contributed by atoms with van der Waals surface area (Å²) in [6.45, 7) is 2.28. The van der Waals surface area contributed by atoms with Gasteiger partial charge in [0.15, 0.2) is 0 Å². The van der Waals surface area contributed by atoms with Crippen LogP contribution in [0.15, 0.2) is 35.2 Å². The molecule has 20 heavy (non-hydrogen) atoms. The smallest absolute Gasteiger partial charge is 0.240 e. The van der Waals surface area contributed by atoms with Crippen LogP contribution in [0.3, 0.4) is 0 Å². The monoisotopic (exact) mass is 299 g/mol. The van der Waals surface area contributed by atoms with E-state index in [2.05, 4.69) is 4.72 Å². The number of amides is 1. The van der Waals surface area contributed by atoms with Crippen LogP contribution in [0.5, 0.6) is 0 Å². The molecule has 7 heteroatoms. The van der Waals surface area contributed by atoms with Crippen molar-refractivity contribution in [2.45, 2.75) is 24.3 Å². The fourth-order valence-electron chi connectivity index (χ4n) is 1.56. The first kappa shape index (κ1) is 16.6. The minimum absolute atomic E-state index is 0.0618. The molecule has 1 rings (SSSR count). The van der Waals surface area contributed by atoms with Gasteiger partial charge in [-0.25, -0.2) is 13.1 Å². The van der Waals surface area contributed by atoms with E-state index in [1.165, 1.54) is 17.0 Å². The number of benzene rings is 1. The van der Waals surface area contributed by atoms with Gasteiger partial charge >= 0.3 is 0 Å². The first-order chi connectivity index (χ1) is 9.38. The summed E-state index contributed by atoms with van der Waals surface area (Å²) in [5, 5.41) is 0. The zero-order chi connectivity index (χ0) is 15.2. The quantitative estimate of drug-likeness (QED) is 0.750. The normalized spacial score (nSPS) is 12.9. The molecule has 0 saturated heterocycles. The van der Waals surface area contributed by atoms with E-state index in [9.17, 15) is 13.2 Å². The minimum Gasteiger partial charge on any atom is -0.342 e. The van der Waals surface area contributed by atoms with Gasteiger partial charge in [-0.2, -0.15) is 0 Å². The molecule has 0 aromatic heterocycles. The minimum atomic E-state index is -3.55. The molecule has 112 valence electrons. The van der Waals surface area contributed by atoms with Crippen LogP contribution in [0.2, 0.25) is 0 Å². The molecule has 1 atom stereocenters. The van der Waals surface area contributed by atoms with Gasteiger partial charge in [0.05, 0.1) is 4.90 Å². The number of nitrogens with one attached hydrogen (secondary N) is 1. The maximum absolute atomic E-state index is 11.9. The van der Waals surface area contributed by atoms with Crippen LogP contribution >= 0.6 is 0 Å². The summed E-state index contributed by atoms with van der Waals surface area (Å²) in [6.07, 6.45) is 0.104. The Kier molecular flexibility index (Phi) is 6.12. The Morgan fingerprint density at radius 3 is 2.50 bits per heavy atom. The lowest BCUT2D eigenvalue weighted by Crippen LogP contribution is -2.41. The van der Waals surface area contributed by atoms with Crippen LogP contribution in [0.1, 0.15) is 13.3 Å². The second kappa shape index (κ2) is 7.37. The van der Waals surface area contributed by atoms with E-state index in [0.717, 1.165) is 0 Å². The Balaban J connectivity index is 2.51. The van der Waals surface area contributed by atoms with Crippen molar-refractivity contribution in [3.8, 4) is 0 Å². The van der Waals surface area contributed by atoms with E-state index in [-0.39, 0.29) is 29.8 Å². The molecule has 0 aliphatic carbocycles. The molecular formula is C13H21N3O3S. The highest BCUT2D eigenvalue weighted by molar-refractivity contribution is 7.89. The Labute approximate surface area is 120 Å². The molecule has 0 spiro atoms. The lowest BCUT2D eigenvalue weighted by molar-refractivity contribution is -0.131. The van der Waals surface area contributed by atoms with Crippen molar-refractivity contribution in [1.82, 2.24) is 9.62 Å². The number of rotatable bonds is 7. The molecular weight excluding hydrogens is 278 g/mol. The second-order valence-electron chi connectivity index (χ2n) is 4.55. The van der Waals surface area contributed by atoms with E-state index in [1.807, 2.05) is 6.92 Å². The average molecular weight is 299 g/mol. The van der Waals surface area contributed by atoms with Crippen LogP contribution in [0.4, 0.5) is 0 Å². The molecule has 1 unspecified atom stereocenters. The van der Waals surface area contributed by atoms with E-state index < -0.39 is 10.0 Å². The van der Waals surface area contributed by atoms with Gasteiger partial charge in [0, 0.05) is 32.6 Å². The molecule has 0 aliphatic heterocycles. The number of carbonyl (C=O) groups excluding carboxylic acids is 1. The third-order valence-corrected chi connectivity index (χ3v) is 4.56. The van der Waals surface area contributed by atoms with Crippen LogP contribution in [-0.4, -0.2) is 45.4 Å². The van der Waals surface area contributed by atoms with Gasteiger partial charge in [-0.1, -0.05) is 18.2 Å². The van der Waals surface area contributed by atoms with Crippen LogP contribution < -0.4 is 10.5 Å². The maximum atomic E-state index is 11.9. The van der Waals surface area contributed by atoms with Gasteiger partial charge < -0.3 is 10.6 Å². The average Bonchev–Trinajstić information content (AvgIpc) is 2.46. The predicted octanol–water partition coefficient (Wildman–Crippen LogP) is 0.161. The molecule has 3 N–H and O–H groups in total. The number of nitrogens with zero attached hydrogens (tertiary/aromatic N) is 1. The van der Waals surface area contributed by atoms with Crippen LogP contribution in [0, 0.1) is 0 Å². The third kappa shape index (κ3) is 4.59. The molecule has 6 nitrogen and oxygen atoms in total. The Morgan fingerprint density at radius 2 is 1.95 bits per heavy atom. The van der Waals surface area contributed by atoms with Gasteiger partial charge in [0.25, 0.3) is 0 Å². The van der Waals surface area contributed by atoms with Crippen molar-refractivity contribution in [2.75, 3.05) is 20.1 Å². The highest BCUT2D eigenvalue weighted by Crippen LogP contribution is 2.07. The maximum Gasteiger partial charge on any atom is 0.240 e. The number of hydrogen-bond donors (Lipinski definition) is 2. The highest BCUT2D eigenvalue weighted by atomic mass is 32.2. The van der Waals surface area contributed by atoms with E-state index >= 15 is 0 Å². The third-order valence-electron chi connectivity index (χ3n) is 3.08. The lowest BCUT2D eigenvalue weighted by Gasteiger charge is -2.23. The van der Waals surface area contributed by atoms with Crippen molar-refractivity contribution in [3.05, 3.63) is 30.3 Å². The molecule has 0 aliphatic rings. The van der Waals surface area contributed by atoms with Crippen LogP contribution in [-0.2, 0) is 14.8 Å². The molecule has 1 aromatic carbocycles. The summed E-state index contributed by atoms with van der Waals surface area (Å²) < 4.78 is 26.2. The fraction of sp³-hybridized carbons (Fsp3) is 0.462. The molecule has 0 saturated carbocycles. The summed E-state index contributed by atoms with van der Waals surface area (Å²) in [5.41, 5.74) is 5.48. The largest absolute Gasteiger partial charge is 0.342 e. The summed E-state index contributed by atoms with van der Waals surface area (Å²) in [4.78, 5) is 13.5. The van der Waals surface area contributed by atoms with Crippen LogP contribution in [0.25, 0.3) is 0 Å². The Morgan fingerprint density at radius 1 is 1.35 bits per heavy atom.